The third-order valence-corrected chi connectivity index (χ3v) is 62.6. The van der Waals surface area contributed by atoms with Gasteiger partial charge in [0.2, 0.25) is 14.6 Å². The molecule has 0 radical (unpaired) electrons. The van der Waals surface area contributed by atoms with Gasteiger partial charge in [0.1, 0.15) is 13.3 Å². The molecule has 4 heteroatoms. The second kappa shape index (κ2) is 10.1. The van der Waals surface area contributed by atoms with E-state index in [1.807, 2.05) is 0 Å². The van der Waals surface area contributed by atoms with Crippen molar-refractivity contribution < 1.29 is 0 Å². The summed E-state index contributed by atoms with van der Waals surface area (Å²) >= 11 is 0. The first-order valence-electron chi connectivity index (χ1n) is 14.0. The summed E-state index contributed by atoms with van der Waals surface area (Å²) in [6, 6.07) is 0. The van der Waals surface area contributed by atoms with E-state index in [2.05, 4.69) is 13.3 Å². The normalized spacial score (nSPS) is 43.4. The predicted molar refractivity (Wildman–Crippen MR) is 147 cm³/mol. The maximum absolute atomic E-state index is 3.09. The smallest absolute Gasteiger partial charge is 0.0533 e. The van der Waals surface area contributed by atoms with Crippen LogP contribution < -0.4 is 0 Å². The van der Waals surface area contributed by atoms with E-state index in [4.69, 9.17) is 0 Å². The molecule has 0 spiro atoms. The van der Waals surface area contributed by atoms with Crippen molar-refractivity contribution in [2.45, 2.75) is 151 Å². The van der Waals surface area contributed by atoms with E-state index < -0.39 is 13.3 Å². The SMILES string of the molecule is C[P+]1(C2CCCCC2)P(C2CCCCC2)[P+](C)(C2CCCCC2)P1C1CCCCC1. The molecular weight excluding hydrogens is 436 g/mol. The molecule has 4 aliphatic carbocycles. The van der Waals surface area contributed by atoms with Gasteiger partial charge in [-0.25, -0.2) is 0 Å². The molecule has 0 amide bonds. The number of hydrogen-bond acceptors (Lipinski definition) is 0. The molecule has 0 nitrogen and oxygen atoms in total. The van der Waals surface area contributed by atoms with Crippen LogP contribution in [0.2, 0.25) is 0 Å². The summed E-state index contributed by atoms with van der Waals surface area (Å²) in [4.78, 5) is 0. The molecule has 0 aromatic heterocycles. The molecule has 0 aromatic rings. The Morgan fingerprint density at radius 3 is 0.967 bits per heavy atom. The molecular formula is C26H50P4+2. The largest absolute Gasteiger partial charge is 0.224 e. The van der Waals surface area contributed by atoms with E-state index in [9.17, 15) is 0 Å². The fourth-order valence-electron chi connectivity index (χ4n) is 8.65. The lowest BCUT2D eigenvalue weighted by Gasteiger charge is -2.61. The van der Waals surface area contributed by atoms with Gasteiger partial charge in [-0.05, 0) is 77.0 Å². The van der Waals surface area contributed by atoms with Gasteiger partial charge in [-0.1, -0.05) is 51.4 Å². The molecule has 0 atom stereocenters. The molecule has 0 unspecified atom stereocenters. The Morgan fingerprint density at radius 1 is 0.400 bits per heavy atom. The van der Waals surface area contributed by atoms with Crippen molar-refractivity contribution in [2.75, 3.05) is 13.3 Å². The van der Waals surface area contributed by atoms with Crippen molar-refractivity contribution in [3.05, 3.63) is 0 Å². The Hall–Kier alpha value is 1.72. The van der Waals surface area contributed by atoms with E-state index in [0.717, 1.165) is 0 Å². The molecule has 30 heavy (non-hydrogen) atoms. The first-order valence-corrected chi connectivity index (χ1v) is 24.2. The summed E-state index contributed by atoms with van der Waals surface area (Å²) in [5, 5.41) is 0. The lowest BCUT2D eigenvalue weighted by Crippen LogP contribution is -2.33. The van der Waals surface area contributed by atoms with Crippen LogP contribution in [0.4, 0.5) is 0 Å². The Bertz CT molecular complexity index is 495. The van der Waals surface area contributed by atoms with Crippen molar-refractivity contribution in [3.8, 4) is 0 Å². The third-order valence-electron chi connectivity index (χ3n) is 9.99. The second-order valence-electron chi connectivity index (χ2n) is 11.8. The quantitative estimate of drug-likeness (QED) is 0.347. The van der Waals surface area contributed by atoms with E-state index in [0.29, 0.717) is 14.6 Å². The monoisotopic (exact) mass is 486 g/mol. The molecule has 5 aliphatic rings. The fourth-order valence-corrected chi connectivity index (χ4v) is 88.9. The minimum Gasteiger partial charge on any atom is -0.0533 e. The van der Waals surface area contributed by atoms with E-state index in [1.165, 1.54) is 22.6 Å². The van der Waals surface area contributed by atoms with Gasteiger partial charge in [0.05, 0.1) is 36.0 Å². The van der Waals surface area contributed by atoms with E-state index in [1.54, 1.807) is 128 Å². The van der Waals surface area contributed by atoms with Crippen LogP contribution >= 0.6 is 27.9 Å². The summed E-state index contributed by atoms with van der Waals surface area (Å²) in [7, 11) is 0.869. The van der Waals surface area contributed by atoms with Crippen LogP contribution in [0.5, 0.6) is 0 Å². The molecule has 172 valence electrons. The number of hydrogen-bond donors (Lipinski definition) is 0. The van der Waals surface area contributed by atoms with Crippen LogP contribution in [0.15, 0.2) is 0 Å². The maximum atomic E-state index is 3.09. The van der Waals surface area contributed by atoms with Crippen molar-refractivity contribution >= 4 is 27.9 Å². The van der Waals surface area contributed by atoms with Gasteiger partial charge in [-0.15, -0.1) is 0 Å². The minimum absolute atomic E-state index is 0.434. The summed E-state index contributed by atoms with van der Waals surface area (Å²) in [5.41, 5.74) is 5.00. The summed E-state index contributed by atoms with van der Waals surface area (Å²) in [5.74, 6) is 0. The minimum atomic E-state index is -0.685. The van der Waals surface area contributed by atoms with Gasteiger partial charge < -0.3 is 0 Å². The van der Waals surface area contributed by atoms with Crippen LogP contribution in [0.1, 0.15) is 128 Å². The zero-order valence-corrected chi connectivity index (χ0v) is 23.8. The molecule has 1 aliphatic heterocycles. The molecule has 5 fully saturated rings. The molecule has 4 saturated carbocycles. The Morgan fingerprint density at radius 2 is 0.667 bits per heavy atom. The molecule has 0 aromatic carbocycles. The lowest BCUT2D eigenvalue weighted by atomic mass is 10.0. The van der Waals surface area contributed by atoms with Crippen LogP contribution in [0.25, 0.3) is 0 Å². The zero-order valence-electron chi connectivity index (χ0n) is 20.2. The van der Waals surface area contributed by atoms with Crippen LogP contribution in [0, 0.1) is 0 Å². The highest BCUT2D eigenvalue weighted by Gasteiger charge is 2.88. The van der Waals surface area contributed by atoms with Gasteiger partial charge in [0.15, 0.2) is 0 Å². The molecule has 0 bridgehead atoms. The maximum Gasteiger partial charge on any atom is 0.224 e. The zero-order chi connectivity index (χ0) is 20.6. The van der Waals surface area contributed by atoms with Crippen molar-refractivity contribution in [2.24, 2.45) is 0 Å². The van der Waals surface area contributed by atoms with Crippen LogP contribution in [-0.2, 0) is 0 Å². The number of rotatable bonds is 4. The highest BCUT2D eigenvalue weighted by molar-refractivity contribution is 9.17. The fraction of sp³-hybridized carbons (Fsp3) is 1.00. The summed E-state index contributed by atoms with van der Waals surface area (Å²) in [6.07, 6.45) is 32.4. The van der Waals surface area contributed by atoms with Crippen LogP contribution in [-0.4, -0.2) is 36.0 Å². The summed E-state index contributed by atoms with van der Waals surface area (Å²) in [6.45, 7) is 4.81. The third kappa shape index (κ3) is 4.06. The average molecular weight is 487 g/mol. The Labute approximate surface area is 192 Å². The van der Waals surface area contributed by atoms with Crippen molar-refractivity contribution in [1.29, 1.82) is 0 Å². The van der Waals surface area contributed by atoms with E-state index in [-0.39, 0.29) is 0 Å². The average Bonchev–Trinajstić information content (AvgIpc) is 2.81. The predicted octanol–water partition coefficient (Wildman–Crippen LogP) is 11.2. The first-order chi connectivity index (χ1) is 14.7. The van der Waals surface area contributed by atoms with Gasteiger partial charge >= 0.3 is 0 Å². The highest BCUT2D eigenvalue weighted by atomic mass is 33.0. The van der Waals surface area contributed by atoms with Crippen molar-refractivity contribution in [1.82, 2.24) is 0 Å². The van der Waals surface area contributed by atoms with Gasteiger partial charge in [0.25, 0.3) is 0 Å². The van der Waals surface area contributed by atoms with Crippen LogP contribution in [0.3, 0.4) is 0 Å². The second-order valence-corrected chi connectivity index (χ2v) is 38.8. The molecule has 1 heterocycles. The standard InChI is InChI=1S/C26H50P4/c1-29(25-19-11-5-12-20-25)27(23-15-7-3-8-16-23)30(2,26-21-13-6-14-22-26)28(29)24-17-9-4-10-18-24/h23-26H,3-22H2,1-2H3/q+2. The van der Waals surface area contributed by atoms with Crippen molar-refractivity contribution in [3.63, 3.8) is 0 Å². The molecule has 0 N–H and O–H groups in total. The Kier molecular flexibility index (Phi) is 7.93. The van der Waals surface area contributed by atoms with Gasteiger partial charge in [-0.2, -0.15) is 0 Å². The summed E-state index contributed by atoms with van der Waals surface area (Å²) < 4.78 is 0. The van der Waals surface area contributed by atoms with E-state index >= 15 is 0 Å². The van der Waals surface area contributed by atoms with Gasteiger partial charge in [-0.3, -0.25) is 0 Å². The molecule has 5 rings (SSSR count). The first kappa shape index (κ1) is 23.5. The van der Waals surface area contributed by atoms with Gasteiger partial charge in [0, 0.05) is 0 Å². The highest BCUT2D eigenvalue weighted by Crippen LogP contribution is 3.36. The lowest BCUT2D eigenvalue weighted by molar-refractivity contribution is 0.502. The Balaban J connectivity index is 1.53. The topological polar surface area (TPSA) is 0 Å². The molecule has 1 saturated heterocycles.